The number of hydrogen-bond donors (Lipinski definition) is 0. The first-order chi connectivity index (χ1) is 7.30. The lowest BCUT2D eigenvalue weighted by atomic mass is 10.2. The predicted octanol–water partition coefficient (Wildman–Crippen LogP) is 1.44. The first-order valence-electron chi connectivity index (χ1n) is 4.93. The van der Waals surface area contributed by atoms with Crippen LogP contribution in [-0.4, -0.2) is 22.0 Å². The van der Waals surface area contributed by atoms with Gasteiger partial charge in [0.2, 0.25) is 0 Å². The van der Waals surface area contributed by atoms with Gasteiger partial charge in [-0.15, -0.1) is 6.42 Å². The van der Waals surface area contributed by atoms with Crippen LogP contribution in [0.3, 0.4) is 0 Å². The molecule has 1 aromatic rings. The summed E-state index contributed by atoms with van der Waals surface area (Å²) >= 11 is 0. The molecule has 0 unspecified atom stereocenters. The molecule has 0 amide bonds. The van der Waals surface area contributed by atoms with E-state index in [0.717, 1.165) is 16.6 Å². The topological polar surface area (TPSA) is 21.6 Å². The van der Waals surface area contributed by atoms with Crippen molar-refractivity contribution in [1.29, 1.82) is 0 Å². The quantitative estimate of drug-likeness (QED) is 0.425. The van der Waals surface area contributed by atoms with E-state index < -0.39 is 0 Å². The van der Waals surface area contributed by atoms with E-state index in [9.17, 15) is 0 Å². The van der Waals surface area contributed by atoms with Crippen LogP contribution in [0.5, 0.6) is 5.75 Å². The largest absolute Gasteiger partial charge is 0.497 e. The molecule has 0 N–H and O–H groups in total. The SMILES string of the molecule is C#C/C(=N\Cc1ccc(OC)cc1)[SiH2]C. The Morgan fingerprint density at radius 2 is 2.13 bits per heavy atom. The van der Waals surface area contributed by atoms with Crippen LogP contribution in [0.1, 0.15) is 5.56 Å². The smallest absolute Gasteiger partial charge is 0.118 e. The summed E-state index contributed by atoms with van der Waals surface area (Å²) in [5.74, 6) is 3.50. The predicted molar refractivity (Wildman–Crippen MR) is 67.4 cm³/mol. The average molecular weight is 217 g/mol. The molecule has 0 radical (unpaired) electrons. The molecule has 0 aliphatic carbocycles. The van der Waals surface area contributed by atoms with Gasteiger partial charge in [0.15, 0.2) is 0 Å². The van der Waals surface area contributed by atoms with Gasteiger partial charge in [-0.05, 0) is 17.7 Å². The number of methoxy groups -OCH3 is 1. The number of terminal acetylenes is 1. The Labute approximate surface area is 93.2 Å². The van der Waals surface area contributed by atoms with Gasteiger partial charge in [-0.25, -0.2) is 0 Å². The van der Waals surface area contributed by atoms with Crippen LogP contribution in [-0.2, 0) is 6.54 Å². The summed E-state index contributed by atoms with van der Waals surface area (Å²) in [7, 11) is 1.35. The molecule has 78 valence electrons. The molecule has 0 spiro atoms. The molecule has 0 aromatic heterocycles. The summed E-state index contributed by atoms with van der Waals surface area (Å²) in [5.41, 5.74) is 1.16. The molecule has 15 heavy (non-hydrogen) atoms. The second-order valence-corrected chi connectivity index (χ2v) is 4.49. The highest BCUT2D eigenvalue weighted by molar-refractivity contribution is 6.78. The fourth-order valence-corrected chi connectivity index (χ4v) is 1.72. The molecule has 2 nitrogen and oxygen atoms in total. The van der Waals surface area contributed by atoms with Crippen molar-refractivity contribution < 1.29 is 4.74 Å². The minimum Gasteiger partial charge on any atom is -0.497 e. The monoisotopic (exact) mass is 217 g/mol. The second-order valence-electron chi connectivity index (χ2n) is 3.11. The lowest BCUT2D eigenvalue weighted by Gasteiger charge is -2.01. The van der Waals surface area contributed by atoms with Gasteiger partial charge < -0.3 is 4.74 Å². The third-order valence-corrected chi connectivity index (χ3v) is 3.21. The molecule has 0 aliphatic rings. The van der Waals surface area contributed by atoms with Crippen LogP contribution in [0.2, 0.25) is 6.55 Å². The van der Waals surface area contributed by atoms with Crippen molar-refractivity contribution in [3.8, 4) is 18.1 Å². The average Bonchev–Trinajstić information content (AvgIpc) is 2.31. The minimum absolute atomic E-state index is 0.311. The van der Waals surface area contributed by atoms with Gasteiger partial charge in [0, 0.05) is 0 Å². The van der Waals surface area contributed by atoms with Crippen molar-refractivity contribution in [3.63, 3.8) is 0 Å². The summed E-state index contributed by atoms with van der Waals surface area (Å²) in [4.78, 5) is 4.39. The van der Waals surface area contributed by atoms with Crippen molar-refractivity contribution in [3.05, 3.63) is 29.8 Å². The van der Waals surface area contributed by atoms with Crippen LogP contribution in [0.15, 0.2) is 29.3 Å². The maximum Gasteiger partial charge on any atom is 0.118 e. The molecule has 0 aliphatic heterocycles. The number of ether oxygens (including phenoxy) is 1. The third kappa shape index (κ3) is 3.60. The number of hydrogen-bond acceptors (Lipinski definition) is 2. The number of nitrogens with zero attached hydrogens (tertiary/aromatic N) is 1. The van der Waals surface area contributed by atoms with E-state index in [1.807, 2.05) is 24.3 Å². The maximum atomic E-state index is 5.33. The number of aliphatic imine (C=N–C) groups is 1. The summed E-state index contributed by atoms with van der Waals surface area (Å²) in [6.07, 6.45) is 5.33. The second kappa shape index (κ2) is 6.05. The lowest BCUT2D eigenvalue weighted by molar-refractivity contribution is 0.414. The first-order valence-corrected chi connectivity index (χ1v) is 7.05. The van der Waals surface area contributed by atoms with Gasteiger partial charge >= 0.3 is 0 Å². The van der Waals surface area contributed by atoms with Crippen molar-refractivity contribution in [2.75, 3.05) is 7.11 Å². The minimum atomic E-state index is -0.311. The Hall–Kier alpha value is -1.53. The number of benzene rings is 1. The van der Waals surface area contributed by atoms with E-state index in [-0.39, 0.29) is 9.52 Å². The first kappa shape index (κ1) is 11.5. The maximum absolute atomic E-state index is 5.33. The van der Waals surface area contributed by atoms with E-state index in [1.165, 1.54) is 0 Å². The van der Waals surface area contributed by atoms with Gasteiger partial charge in [0.05, 0.1) is 28.5 Å². The van der Waals surface area contributed by atoms with Gasteiger partial charge in [-0.1, -0.05) is 24.6 Å². The molecule has 0 saturated carbocycles. The zero-order valence-corrected chi connectivity index (χ0v) is 10.6. The van der Waals surface area contributed by atoms with Gasteiger partial charge in [0.1, 0.15) is 5.75 Å². The fourth-order valence-electron chi connectivity index (χ4n) is 1.18. The third-order valence-electron chi connectivity index (χ3n) is 2.11. The summed E-state index contributed by atoms with van der Waals surface area (Å²) < 4.78 is 5.08. The number of rotatable bonds is 4. The van der Waals surface area contributed by atoms with Gasteiger partial charge in [-0.3, -0.25) is 4.99 Å². The molecular weight excluding hydrogens is 202 g/mol. The highest BCUT2D eigenvalue weighted by Crippen LogP contribution is 2.11. The molecule has 0 heterocycles. The molecule has 0 bridgehead atoms. The summed E-state index contributed by atoms with van der Waals surface area (Å²) in [6, 6.07) is 7.88. The highest BCUT2D eigenvalue weighted by Gasteiger charge is 1.94. The zero-order valence-electron chi connectivity index (χ0n) is 9.16. The highest BCUT2D eigenvalue weighted by atomic mass is 28.2. The molecule has 0 fully saturated rings. The van der Waals surface area contributed by atoms with E-state index in [4.69, 9.17) is 11.2 Å². The van der Waals surface area contributed by atoms with Gasteiger partial charge in [0.25, 0.3) is 0 Å². The zero-order chi connectivity index (χ0) is 11.1. The van der Waals surface area contributed by atoms with Crippen LogP contribution in [0.25, 0.3) is 0 Å². The summed E-state index contributed by atoms with van der Waals surface area (Å²) in [5, 5.41) is 0.950. The van der Waals surface area contributed by atoms with E-state index in [2.05, 4.69) is 17.5 Å². The Morgan fingerprint density at radius 3 is 2.60 bits per heavy atom. The van der Waals surface area contributed by atoms with Crippen molar-refractivity contribution in [2.24, 2.45) is 4.99 Å². The van der Waals surface area contributed by atoms with Crippen LogP contribution in [0, 0.1) is 12.3 Å². The standard InChI is InChI=1S/C12H15NOSi/c1-4-12(15-3)13-9-10-5-7-11(14-2)8-6-10/h1,5-8H,9,15H2,2-3H3/b13-12+. The molecule has 3 heteroatoms. The summed E-state index contributed by atoms with van der Waals surface area (Å²) in [6.45, 7) is 2.82. The van der Waals surface area contributed by atoms with E-state index in [1.54, 1.807) is 7.11 Å². The van der Waals surface area contributed by atoms with E-state index >= 15 is 0 Å². The fraction of sp³-hybridized carbons (Fsp3) is 0.250. The van der Waals surface area contributed by atoms with Crippen molar-refractivity contribution >= 4 is 14.9 Å². The molecular formula is C12H15NOSi. The van der Waals surface area contributed by atoms with Crippen LogP contribution >= 0.6 is 0 Å². The Morgan fingerprint density at radius 1 is 1.47 bits per heavy atom. The molecule has 0 atom stereocenters. The molecule has 1 aromatic carbocycles. The van der Waals surface area contributed by atoms with Crippen molar-refractivity contribution in [1.82, 2.24) is 0 Å². The van der Waals surface area contributed by atoms with Crippen LogP contribution in [0.4, 0.5) is 0 Å². The van der Waals surface area contributed by atoms with E-state index in [0.29, 0.717) is 6.54 Å². The molecule has 1 rings (SSSR count). The Kier molecular flexibility index (Phi) is 4.65. The normalized spacial score (nSPS) is 11.7. The van der Waals surface area contributed by atoms with Crippen molar-refractivity contribution in [2.45, 2.75) is 13.1 Å². The Balaban J connectivity index is 2.66. The Bertz CT molecular complexity index is 376. The molecule has 0 saturated heterocycles. The van der Waals surface area contributed by atoms with Crippen LogP contribution < -0.4 is 4.74 Å². The lowest BCUT2D eigenvalue weighted by Crippen LogP contribution is -2.02. The van der Waals surface area contributed by atoms with Gasteiger partial charge in [-0.2, -0.15) is 0 Å².